The monoisotopic (exact) mass is 456 g/mol. The lowest BCUT2D eigenvalue weighted by atomic mass is 9.93. The molecule has 1 fully saturated rings. The molecule has 0 saturated carbocycles. The van der Waals surface area contributed by atoms with Crippen molar-refractivity contribution in [3.63, 3.8) is 0 Å². The van der Waals surface area contributed by atoms with Gasteiger partial charge in [0.1, 0.15) is 23.1 Å². The minimum Gasteiger partial charge on any atom is -0.356 e. The van der Waals surface area contributed by atoms with E-state index in [0.29, 0.717) is 5.95 Å². The molecule has 1 aliphatic heterocycles. The third-order valence-electron chi connectivity index (χ3n) is 6.22. The second kappa shape index (κ2) is 9.29. The molecule has 8 nitrogen and oxygen atoms in total. The maximum Gasteiger partial charge on any atom is 0.232 e. The van der Waals surface area contributed by atoms with Gasteiger partial charge in [0.2, 0.25) is 5.95 Å². The highest BCUT2D eigenvalue weighted by Crippen LogP contribution is 2.33. The standard InChI is InChI=1S/C26H32N8/c1-4-5-7-19-8-6-9-21(28-19)30-25-31-22(17-24(32-25)34-14-11-26(2,3)18-34)29-20-10-13-33-15-12-27-23(33)16-20/h6,8-10,12-13,15-17H,4-5,7,11,14,18H2,1-3H3,(H2,28,29,30,31,32). The molecule has 8 heteroatoms. The Morgan fingerprint density at radius 3 is 2.74 bits per heavy atom. The number of fused-ring (bicyclic) bond motifs is 1. The van der Waals surface area contributed by atoms with E-state index >= 15 is 0 Å². The van der Waals surface area contributed by atoms with Gasteiger partial charge in [-0.2, -0.15) is 9.97 Å². The number of nitrogens with zero attached hydrogens (tertiary/aromatic N) is 6. The van der Waals surface area contributed by atoms with Crippen molar-refractivity contribution in [1.82, 2.24) is 24.3 Å². The largest absolute Gasteiger partial charge is 0.356 e. The molecule has 176 valence electrons. The Morgan fingerprint density at radius 1 is 1.00 bits per heavy atom. The first-order valence-corrected chi connectivity index (χ1v) is 12.0. The van der Waals surface area contributed by atoms with Crippen LogP contribution in [-0.2, 0) is 6.42 Å². The lowest BCUT2D eigenvalue weighted by molar-refractivity contribution is 0.418. The molecule has 5 rings (SSSR count). The SMILES string of the molecule is CCCCc1cccc(Nc2nc(Nc3ccn4ccnc4c3)cc(N3CCC(C)(C)C3)n2)n1. The number of pyridine rings is 2. The molecular weight excluding hydrogens is 424 g/mol. The van der Waals surface area contributed by atoms with Gasteiger partial charge < -0.3 is 19.9 Å². The molecule has 5 heterocycles. The fourth-order valence-electron chi connectivity index (χ4n) is 4.32. The van der Waals surface area contributed by atoms with Gasteiger partial charge in [0.25, 0.3) is 0 Å². The average molecular weight is 457 g/mol. The van der Waals surface area contributed by atoms with Crippen LogP contribution < -0.4 is 15.5 Å². The normalized spacial score (nSPS) is 15.1. The third kappa shape index (κ3) is 5.11. The van der Waals surface area contributed by atoms with Crippen LogP contribution in [0.1, 0.15) is 45.7 Å². The van der Waals surface area contributed by atoms with Crippen LogP contribution in [0.3, 0.4) is 0 Å². The number of hydrogen-bond donors (Lipinski definition) is 2. The molecule has 1 aliphatic rings. The van der Waals surface area contributed by atoms with Crippen molar-refractivity contribution in [3.8, 4) is 0 Å². The van der Waals surface area contributed by atoms with E-state index in [9.17, 15) is 0 Å². The lowest BCUT2D eigenvalue weighted by Crippen LogP contribution is -2.24. The number of aryl methyl sites for hydroxylation is 1. The Bertz CT molecular complexity index is 1280. The van der Waals surface area contributed by atoms with Crippen LogP contribution in [0.25, 0.3) is 5.65 Å². The quantitative estimate of drug-likeness (QED) is 0.358. The molecule has 0 aliphatic carbocycles. The fourth-order valence-corrected chi connectivity index (χ4v) is 4.32. The van der Waals surface area contributed by atoms with E-state index in [1.807, 2.05) is 47.1 Å². The van der Waals surface area contributed by atoms with Gasteiger partial charge in [-0.3, -0.25) is 0 Å². The molecule has 0 radical (unpaired) electrons. The lowest BCUT2D eigenvalue weighted by Gasteiger charge is -2.22. The van der Waals surface area contributed by atoms with Crippen LogP contribution in [0.15, 0.2) is 55.0 Å². The molecule has 0 atom stereocenters. The highest BCUT2D eigenvalue weighted by Gasteiger charge is 2.30. The Morgan fingerprint density at radius 2 is 1.91 bits per heavy atom. The summed E-state index contributed by atoms with van der Waals surface area (Å²) in [4.78, 5) is 21.1. The van der Waals surface area contributed by atoms with Gasteiger partial charge in [-0.15, -0.1) is 0 Å². The molecule has 0 bridgehead atoms. The summed E-state index contributed by atoms with van der Waals surface area (Å²) in [5.41, 5.74) is 3.16. The predicted octanol–water partition coefficient (Wildman–Crippen LogP) is 5.59. The van der Waals surface area contributed by atoms with E-state index in [1.54, 1.807) is 6.20 Å². The maximum atomic E-state index is 4.86. The van der Waals surface area contributed by atoms with Crippen LogP contribution >= 0.6 is 0 Å². The highest BCUT2D eigenvalue weighted by atomic mass is 15.3. The Kier molecular flexibility index (Phi) is 6.04. The first kappa shape index (κ1) is 22.1. The first-order valence-electron chi connectivity index (χ1n) is 12.0. The van der Waals surface area contributed by atoms with Crippen molar-refractivity contribution in [3.05, 3.63) is 60.7 Å². The summed E-state index contributed by atoms with van der Waals surface area (Å²) < 4.78 is 1.98. The van der Waals surface area contributed by atoms with Gasteiger partial charge in [-0.05, 0) is 42.9 Å². The summed E-state index contributed by atoms with van der Waals surface area (Å²) >= 11 is 0. The van der Waals surface area contributed by atoms with E-state index in [-0.39, 0.29) is 5.41 Å². The molecule has 1 saturated heterocycles. The summed E-state index contributed by atoms with van der Waals surface area (Å²) in [5.74, 6) is 2.94. The van der Waals surface area contributed by atoms with Crippen molar-refractivity contribution in [2.75, 3.05) is 28.6 Å². The summed E-state index contributed by atoms with van der Waals surface area (Å²) in [6.45, 7) is 8.75. The highest BCUT2D eigenvalue weighted by molar-refractivity contribution is 5.66. The number of anilines is 5. The van der Waals surface area contributed by atoms with Gasteiger partial charge in [-0.1, -0.05) is 33.3 Å². The Hall–Kier alpha value is -3.68. The van der Waals surface area contributed by atoms with Gasteiger partial charge in [0.15, 0.2) is 0 Å². The molecule has 0 amide bonds. The van der Waals surface area contributed by atoms with Crippen LogP contribution in [0.5, 0.6) is 0 Å². The van der Waals surface area contributed by atoms with Crippen LogP contribution in [-0.4, -0.2) is 37.4 Å². The predicted molar refractivity (Wildman–Crippen MR) is 137 cm³/mol. The summed E-state index contributed by atoms with van der Waals surface area (Å²) in [6, 6.07) is 12.1. The van der Waals surface area contributed by atoms with E-state index in [0.717, 1.165) is 73.3 Å². The number of nitrogens with one attached hydrogen (secondary N) is 2. The fraction of sp³-hybridized carbons (Fsp3) is 0.385. The summed E-state index contributed by atoms with van der Waals surface area (Å²) in [5, 5.41) is 6.78. The summed E-state index contributed by atoms with van der Waals surface area (Å²) in [7, 11) is 0. The third-order valence-corrected chi connectivity index (χ3v) is 6.22. The van der Waals surface area contributed by atoms with Crippen LogP contribution in [0.4, 0.5) is 29.1 Å². The molecular formula is C26H32N8. The van der Waals surface area contributed by atoms with Gasteiger partial charge in [0.05, 0.1) is 0 Å². The van der Waals surface area contributed by atoms with E-state index in [4.69, 9.17) is 15.0 Å². The molecule has 4 aromatic heterocycles. The van der Waals surface area contributed by atoms with Crippen LogP contribution in [0, 0.1) is 5.41 Å². The second-order valence-electron chi connectivity index (χ2n) is 9.75. The van der Waals surface area contributed by atoms with Crippen molar-refractivity contribution < 1.29 is 0 Å². The smallest absolute Gasteiger partial charge is 0.232 e. The molecule has 4 aromatic rings. The number of unbranched alkanes of at least 4 members (excludes halogenated alkanes) is 1. The van der Waals surface area contributed by atoms with Crippen molar-refractivity contribution in [2.24, 2.45) is 5.41 Å². The molecule has 0 unspecified atom stereocenters. The average Bonchev–Trinajstić information content (AvgIpc) is 3.43. The second-order valence-corrected chi connectivity index (χ2v) is 9.75. The van der Waals surface area contributed by atoms with Crippen molar-refractivity contribution >= 4 is 34.7 Å². The Labute approximate surface area is 200 Å². The molecule has 0 aromatic carbocycles. The number of rotatable bonds is 8. The van der Waals surface area contributed by atoms with E-state index < -0.39 is 0 Å². The van der Waals surface area contributed by atoms with E-state index in [2.05, 4.69) is 47.4 Å². The molecule has 34 heavy (non-hydrogen) atoms. The topological polar surface area (TPSA) is 83.3 Å². The zero-order chi connectivity index (χ0) is 23.5. The van der Waals surface area contributed by atoms with E-state index in [1.165, 1.54) is 0 Å². The minimum atomic E-state index is 0.271. The minimum absolute atomic E-state index is 0.271. The summed E-state index contributed by atoms with van der Waals surface area (Å²) in [6.07, 6.45) is 10.1. The van der Waals surface area contributed by atoms with Crippen molar-refractivity contribution in [2.45, 2.75) is 46.5 Å². The van der Waals surface area contributed by atoms with Gasteiger partial charge in [0, 0.05) is 55.2 Å². The van der Waals surface area contributed by atoms with Gasteiger partial charge in [-0.25, -0.2) is 9.97 Å². The van der Waals surface area contributed by atoms with Gasteiger partial charge >= 0.3 is 0 Å². The number of aromatic nitrogens is 5. The number of imidazole rings is 1. The zero-order valence-electron chi connectivity index (χ0n) is 20.1. The molecule has 0 spiro atoms. The Balaban J connectivity index is 1.44. The van der Waals surface area contributed by atoms with Crippen LogP contribution in [0.2, 0.25) is 0 Å². The zero-order valence-corrected chi connectivity index (χ0v) is 20.1. The first-order chi connectivity index (χ1) is 16.5. The number of hydrogen-bond acceptors (Lipinski definition) is 7. The maximum absolute atomic E-state index is 4.86. The van der Waals surface area contributed by atoms with Crippen molar-refractivity contribution in [1.29, 1.82) is 0 Å². The molecule has 2 N–H and O–H groups in total.